The first-order chi connectivity index (χ1) is 13.7. The predicted molar refractivity (Wildman–Crippen MR) is 110 cm³/mol. The maximum absolute atomic E-state index is 12.8. The molecule has 156 valence electrons. The molecule has 3 N–H and O–H groups in total. The maximum Gasteiger partial charge on any atom is 0.326 e. The van der Waals surface area contributed by atoms with Gasteiger partial charge in [0.1, 0.15) is 6.04 Å². The Labute approximate surface area is 170 Å². The van der Waals surface area contributed by atoms with Crippen molar-refractivity contribution in [2.45, 2.75) is 46.1 Å². The number of para-hydroxylation sites is 1. The van der Waals surface area contributed by atoms with Crippen molar-refractivity contribution in [1.29, 1.82) is 0 Å². The minimum atomic E-state index is -1.07. The van der Waals surface area contributed by atoms with Crippen molar-refractivity contribution in [3.05, 3.63) is 36.0 Å². The number of likely N-dealkylation sites (tertiary alicyclic amines) is 1. The Balaban J connectivity index is 1.68. The van der Waals surface area contributed by atoms with E-state index < -0.39 is 17.4 Å². The Morgan fingerprint density at radius 1 is 1.28 bits per heavy atom. The van der Waals surface area contributed by atoms with Crippen LogP contribution in [0.5, 0.6) is 0 Å². The van der Waals surface area contributed by atoms with E-state index in [4.69, 9.17) is 0 Å². The number of piperidine rings is 1. The molecule has 7 nitrogen and oxygen atoms in total. The van der Waals surface area contributed by atoms with Gasteiger partial charge in [0.25, 0.3) is 0 Å². The third-order valence-electron chi connectivity index (χ3n) is 5.43. The molecule has 29 heavy (non-hydrogen) atoms. The summed E-state index contributed by atoms with van der Waals surface area (Å²) in [5.74, 6) is -1.74. The predicted octanol–water partition coefficient (Wildman–Crippen LogP) is 2.56. The summed E-state index contributed by atoms with van der Waals surface area (Å²) in [5.41, 5.74) is 1.28. The van der Waals surface area contributed by atoms with E-state index in [0.717, 1.165) is 22.9 Å². The molecule has 3 rings (SSSR count). The van der Waals surface area contributed by atoms with E-state index in [9.17, 15) is 19.5 Å². The molecule has 1 aromatic carbocycles. The summed E-state index contributed by atoms with van der Waals surface area (Å²) < 4.78 is 0. The molecule has 2 aromatic rings. The zero-order valence-corrected chi connectivity index (χ0v) is 17.2. The number of H-pyrrole nitrogens is 1. The molecule has 0 aliphatic carbocycles. The molecule has 0 bridgehead atoms. The van der Waals surface area contributed by atoms with Gasteiger partial charge in [0.2, 0.25) is 11.8 Å². The standard InChI is InChI=1S/C22H29N3O4/c1-22(2,3)21(29)25-10-6-7-14(13-25)19(26)24-18(20(27)28)11-15-12-23-17-9-5-4-8-16(15)17/h4-5,8-9,12,14,18,23H,6-7,10-11,13H2,1-3H3,(H,24,26)(H,27,28). The molecule has 2 unspecified atom stereocenters. The van der Waals surface area contributed by atoms with Crippen molar-refractivity contribution >= 4 is 28.7 Å². The molecule has 2 amide bonds. The molecular formula is C22H29N3O4. The van der Waals surface area contributed by atoms with Crippen LogP contribution in [0.25, 0.3) is 10.9 Å². The number of aromatic amines is 1. The van der Waals surface area contributed by atoms with Gasteiger partial charge < -0.3 is 20.3 Å². The number of carboxylic acid groups (broad SMARTS) is 1. The van der Waals surface area contributed by atoms with Crippen molar-refractivity contribution in [1.82, 2.24) is 15.2 Å². The second-order valence-corrected chi connectivity index (χ2v) is 8.80. The molecule has 2 heterocycles. The number of aromatic nitrogens is 1. The van der Waals surface area contributed by atoms with Crippen molar-refractivity contribution < 1.29 is 19.5 Å². The summed E-state index contributed by atoms with van der Waals surface area (Å²) in [5, 5.41) is 13.3. The Morgan fingerprint density at radius 3 is 2.69 bits per heavy atom. The normalized spacial score (nSPS) is 18.4. The van der Waals surface area contributed by atoms with Gasteiger partial charge in [0.15, 0.2) is 0 Å². The van der Waals surface area contributed by atoms with E-state index in [1.165, 1.54) is 0 Å². The van der Waals surface area contributed by atoms with Crippen LogP contribution in [-0.4, -0.2) is 51.9 Å². The van der Waals surface area contributed by atoms with Gasteiger partial charge in [-0.25, -0.2) is 4.79 Å². The molecule has 1 saturated heterocycles. The van der Waals surface area contributed by atoms with Gasteiger partial charge in [0, 0.05) is 42.0 Å². The second kappa shape index (κ2) is 8.27. The van der Waals surface area contributed by atoms with Crippen molar-refractivity contribution in [2.75, 3.05) is 13.1 Å². The fourth-order valence-electron chi connectivity index (χ4n) is 3.86. The molecule has 0 radical (unpaired) electrons. The van der Waals surface area contributed by atoms with Gasteiger partial charge in [-0.1, -0.05) is 39.0 Å². The SMILES string of the molecule is CC(C)(C)C(=O)N1CCCC(C(=O)NC(Cc2c[nH]c3ccccc23)C(=O)O)C1. The molecule has 7 heteroatoms. The number of amides is 2. The Kier molecular flexibility index (Phi) is 5.96. The van der Waals surface area contributed by atoms with Gasteiger partial charge >= 0.3 is 5.97 Å². The third-order valence-corrected chi connectivity index (χ3v) is 5.43. The highest BCUT2D eigenvalue weighted by Crippen LogP contribution is 2.24. The topological polar surface area (TPSA) is 103 Å². The molecule has 0 saturated carbocycles. The minimum absolute atomic E-state index is 0.0172. The number of rotatable bonds is 5. The van der Waals surface area contributed by atoms with Crippen LogP contribution in [0.15, 0.2) is 30.5 Å². The Bertz CT molecular complexity index is 912. The van der Waals surface area contributed by atoms with Crippen LogP contribution in [0.2, 0.25) is 0 Å². The van der Waals surface area contributed by atoms with Crippen LogP contribution >= 0.6 is 0 Å². The fourth-order valence-corrected chi connectivity index (χ4v) is 3.86. The lowest BCUT2D eigenvalue weighted by Gasteiger charge is -2.36. The zero-order chi connectivity index (χ0) is 21.2. The highest BCUT2D eigenvalue weighted by atomic mass is 16.4. The van der Waals surface area contributed by atoms with Crippen LogP contribution in [0.3, 0.4) is 0 Å². The summed E-state index contributed by atoms with van der Waals surface area (Å²) >= 11 is 0. The molecule has 1 fully saturated rings. The Morgan fingerprint density at radius 2 is 2.00 bits per heavy atom. The minimum Gasteiger partial charge on any atom is -0.480 e. The van der Waals surface area contributed by atoms with E-state index in [0.29, 0.717) is 19.5 Å². The second-order valence-electron chi connectivity index (χ2n) is 8.80. The third kappa shape index (κ3) is 4.78. The lowest BCUT2D eigenvalue weighted by molar-refractivity contribution is -0.145. The number of benzene rings is 1. The smallest absolute Gasteiger partial charge is 0.326 e. The summed E-state index contributed by atoms with van der Waals surface area (Å²) in [4.78, 5) is 42.0. The zero-order valence-electron chi connectivity index (χ0n) is 17.2. The largest absolute Gasteiger partial charge is 0.480 e. The first kappa shape index (κ1) is 20.9. The Hall–Kier alpha value is -2.83. The number of fused-ring (bicyclic) bond motifs is 1. The van der Waals surface area contributed by atoms with Gasteiger partial charge in [-0.2, -0.15) is 0 Å². The lowest BCUT2D eigenvalue weighted by atomic mass is 9.90. The van der Waals surface area contributed by atoms with Crippen LogP contribution in [0, 0.1) is 11.3 Å². The van der Waals surface area contributed by atoms with Crippen LogP contribution in [0.4, 0.5) is 0 Å². The average molecular weight is 399 g/mol. The van der Waals surface area contributed by atoms with Crippen molar-refractivity contribution in [3.8, 4) is 0 Å². The fraction of sp³-hybridized carbons (Fsp3) is 0.500. The number of carbonyl (C=O) groups excluding carboxylic acids is 2. The van der Waals surface area contributed by atoms with E-state index in [2.05, 4.69) is 10.3 Å². The highest BCUT2D eigenvalue weighted by Gasteiger charge is 2.34. The van der Waals surface area contributed by atoms with E-state index in [1.54, 1.807) is 11.1 Å². The van der Waals surface area contributed by atoms with Crippen molar-refractivity contribution in [3.63, 3.8) is 0 Å². The lowest BCUT2D eigenvalue weighted by Crippen LogP contribution is -2.51. The number of nitrogens with one attached hydrogen (secondary N) is 2. The van der Waals surface area contributed by atoms with Gasteiger partial charge in [0.05, 0.1) is 5.92 Å². The van der Waals surface area contributed by atoms with Crippen molar-refractivity contribution in [2.24, 2.45) is 11.3 Å². The van der Waals surface area contributed by atoms with Gasteiger partial charge in [-0.05, 0) is 24.5 Å². The molecule has 1 aromatic heterocycles. The summed E-state index contributed by atoms with van der Waals surface area (Å²) in [6.07, 6.45) is 3.37. The van der Waals surface area contributed by atoms with E-state index in [-0.39, 0.29) is 24.2 Å². The van der Waals surface area contributed by atoms with Gasteiger partial charge in [-0.15, -0.1) is 0 Å². The molecule has 1 aliphatic rings. The monoisotopic (exact) mass is 399 g/mol. The quantitative estimate of drug-likeness (QED) is 0.719. The summed E-state index contributed by atoms with van der Waals surface area (Å²) in [6.45, 7) is 6.56. The molecule has 2 atom stereocenters. The van der Waals surface area contributed by atoms with Gasteiger partial charge in [-0.3, -0.25) is 9.59 Å². The number of carbonyl (C=O) groups is 3. The first-order valence-corrected chi connectivity index (χ1v) is 10.0. The highest BCUT2D eigenvalue weighted by molar-refractivity contribution is 5.88. The maximum atomic E-state index is 12.8. The van der Waals surface area contributed by atoms with E-state index >= 15 is 0 Å². The number of nitrogens with zero attached hydrogens (tertiary/aromatic N) is 1. The molecular weight excluding hydrogens is 370 g/mol. The first-order valence-electron chi connectivity index (χ1n) is 10.0. The number of carboxylic acids is 1. The van der Waals surface area contributed by atoms with Crippen LogP contribution < -0.4 is 5.32 Å². The van der Waals surface area contributed by atoms with Crippen LogP contribution in [0.1, 0.15) is 39.2 Å². The average Bonchev–Trinajstić information content (AvgIpc) is 3.09. The summed E-state index contributed by atoms with van der Waals surface area (Å²) in [7, 11) is 0. The number of aliphatic carboxylic acids is 1. The summed E-state index contributed by atoms with van der Waals surface area (Å²) in [6, 6.07) is 6.65. The molecule has 0 spiro atoms. The molecule has 1 aliphatic heterocycles. The number of hydrogen-bond donors (Lipinski definition) is 3. The van der Waals surface area contributed by atoms with Crippen LogP contribution in [-0.2, 0) is 20.8 Å². The number of hydrogen-bond acceptors (Lipinski definition) is 3. The van der Waals surface area contributed by atoms with E-state index in [1.807, 2.05) is 45.0 Å².